The summed E-state index contributed by atoms with van der Waals surface area (Å²) in [5.41, 5.74) is 6.49. The Kier molecular flexibility index (Phi) is 4.32. The number of nitrogens with two attached hydrogens (primary N) is 1. The van der Waals surface area contributed by atoms with Crippen molar-refractivity contribution in [1.29, 1.82) is 0 Å². The molecule has 2 aromatic rings. The van der Waals surface area contributed by atoms with Crippen molar-refractivity contribution in [2.45, 2.75) is 33.2 Å². The average molecular weight is 288 g/mol. The second-order valence-corrected chi connectivity index (χ2v) is 5.94. The topological polar surface area (TPSA) is 98.7 Å². The lowest BCUT2D eigenvalue weighted by Crippen LogP contribution is -2.38. The van der Waals surface area contributed by atoms with Crippen molar-refractivity contribution < 1.29 is 4.79 Å². The van der Waals surface area contributed by atoms with Gasteiger partial charge in [-0.1, -0.05) is 20.8 Å². The minimum absolute atomic E-state index is 0.124. The maximum atomic E-state index is 12.1. The van der Waals surface area contributed by atoms with Crippen LogP contribution in [0.4, 0.5) is 5.69 Å². The van der Waals surface area contributed by atoms with Gasteiger partial charge in [-0.15, -0.1) is 0 Å². The zero-order valence-electron chi connectivity index (χ0n) is 12.4. The highest BCUT2D eigenvalue weighted by atomic mass is 16.1. The van der Waals surface area contributed by atoms with Crippen LogP contribution in [-0.4, -0.2) is 31.7 Å². The van der Waals surface area contributed by atoms with Crippen LogP contribution in [0.5, 0.6) is 0 Å². The van der Waals surface area contributed by atoms with Crippen molar-refractivity contribution in [3.63, 3.8) is 0 Å². The highest BCUT2D eigenvalue weighted by Crippen LogP contribution is 2.21. The molecule has 7 nitrogen and oxygen atoms in total. The second kappa shape index (κ2) is 6.01. The van der Waals surface area contributed by atoms with Crippen molar-refractivity contribution >= 4 is 11.6 Å². The van der Waals surface area contributed by atoms with Crippen LogP contribution in [0.25, 0.3) is 5.82 Å². The standard InChI is InChI=1S/C14H20N6O/c1-14(2,3)11(15)7-12(21)19-10-5-4-6-17-13(10)20-9-16-8-18-20/h4-6,8-9,11H,7,15H2,1-3H3,(H,19,21). The molecule has 1 amide bonds. The van der Waals surface area contributed by atoms with Gasteiger partial charge in [0.2, 0.25) is 5.91 Å². The molecule has 0 aliphatic rings. The summed E-state index contributed by atoms with van der Waals surface area (Å²) in [5.74, 6) is 0.375. The van der Waals surface area contributed by atoms with Crippen LogP contribution in [0.3, 0.4) is 0 Å². The van der Waals surface area contributed by atoms with Gasteiger partial charge in [0.15, 0.2) is 5.82 Å². The lowest BCUT2D eigenvalue weighted by atomic mass is 9.85. The number of hydrogen-bond acceptors (Lipinski definition) is 5. The summed E-state index contributed by atoms with van der Waals surface area (Å²) in [6.45, 7) is 6.03. The van der Waals surface area contributed by atoms with Crippen LogP contribution < -0.4 is 11.1 Å². The number of hydrogen-bond donors (Lipinski definition) is 2. The molecule has 1 atom stereocenters. The Balaban J connectivity index is 2.12. The predicted octanol–water partition coefficient (Wildman–Crippen LogP) is 1.36. The van der Waals surface area contributed by atoms with E-state index in [-0.39, 0.29) is 23.8 Å². The fourth-order valence-electron chi connectivity index (χ4n) is 1.70. The van der Waals surface area contributed by atoms with Crippen LogP contribution >= 0.6 is 0 Å². The van der Waals surface area contributed by atoms with Crippen molar-refractivity contribution in [3.8, 4) is 5.82 Å². The molecular formula is C14H20N6O. The zero-order valence-corrected chi connectivity index (χ0v) is 12.4. The van der Waals surface area contributed by atoms with Crippen LogP contribution in [0.1, 0.15) is 27.2 Å². The summed E-state index contributed by atoms with van der Waals surface area (Å²) in [6, 6.07) is 3.30. The number of anilines is 1. The first-order valence-corrected chi connectivity index (χ1v) is 6.73. The maximum absolute atomic E-state index is 12.1. The van der Waals surface area contributed by atoms with Crippen LogP contribution in [-0.2, 0) is 4.79 Å². The lowest BCUT2D eigenvalue weighted by Gasteiger charge is -2.26. The first kappa shape index (κ1) is 15.1. The Morgan fingerprint density at radius 1 is 1.48 bits per heavy atom. The number of nitrogens with one attached hydrogen (secondary N) is 1. The number of carbonyl (C=O) groups excluding carboxylic acids is 1. The van der Waals surface area contributed by atoms with E-state index >= 15 is 0 Å². The number of amides is 1. The Bertz CT molecular complexity index is 602. The normalized spacial score (nSPS) is 13.0. The molecular weight excluding hydrogens is 268 g/mol. The first-order chi connectivity index (χ1) is 9.88. The minimum atomic E-state index is -0.219. The molecule has 3 N–H and O–H groups in total. The molecule has 7 heteroatoms. The maximum Gasteiger partial charge on any atom is 0.226 e. The van der Waals surface area contributed by atoms with Crippen LogP contribution in [0, 0.1) is 5.41 Å². The van der Waals surface area contributed by atoms with Gasteiger partial charge >= 0.3 is 0 Å². The van der Waals surface area contributed by atoms with E-state index in [2.05, 4.69) is 20.4 Å². The van der Waals surface area contributed by atoms with Gasteiger partial charge in [0, 0.05) is 18.7 Å². The van der Waals surface area contributed by atoms with E-state index in [1.807, 2.05) is 20.8 Å². The van der Waals surface area contributed by atoms with Gasteiger partial charge in [0.05, 0.1) is 5.69 Å². The van der Waals surface area contributed by atoms with E-state index in [4.69, 9.17) is 5.73 Å². The molecule has 0 saturated heterocycles. The number of aromatic nitrogens is 4. The largest absolute Gasteiger partial charge is 0.327 e. The highest BCUT2D eigenvalue weighted by Gasteiger charge is 2.23. The summed E-state index contributed by atoms with van der Waals surface area (Å²) in [6.07, 6.45) is 4.82. The summed E-state index contributed by atoms with van der Waals surface area (Å²) in [5, 5.41) is 6.85. The highest BCUT2D eigenvalue weighted by molar-refractivity contribution is 5.92. The van der Waals surface area contributed by atoms with Gasteiger partial charge < -0.3 is 11.1 Å². The van der Waals surface area contributed by atoms with E-state index in [1.165, 1.54) is 17.3 Å². The SMILES string of the molecule is CC(C)(C)C(N)CC(=O)Nc1cccnc1-n1cncn1. The minimum Gasteiger partial charge on any atom is -0.327 e. The molecule has 0 saturated carbocycles. The Hall–Kier alpha value is -2.28. The predicted molar refractivity (Wildman–Crippen MR) is 79.8 cm³/mol. The molecule has 0 fully saturated rings. The molecule has 2 heterocycles. The number of nitrogens with zero attached hydrogens (tertiary/aromatic N) is 4. The molecule has 2 aromatic heterocycles. The number of rotatable bonds is 4. The summed E-state index contributed by atoms with van der Waals surface area (Å²) in [7, 11) is 0. The van der Waals surface area contributed by atoms with E-state index in [1.54, 1.807) is 18.3 Å². The third kappa shape index (κ3) is 3.85. The molecule has 0 radical (unpaired) electrons. The lowest BCUT2D eigenvalue weighted by molar-refractivity contribution is -0.117. The van der Waals surface area contributed by atoms with Crippen molar-refractivity contribution in [3.05, 3.63) is 31.0 Å². The molecule has 21 heavy (non-hydrogen) atoms. The first-order valence-electron chi connectivity index (χ1n) is 6.73. The van der Waals surface area contributed by atoms with Crippen LogP contribution in [0.15, 0.2) is 31.0 Å². The Morgan fingerprint density at radius 2 is 2.24 bits per heavy atom. The fraction of sp³-hybridized carbons (Fsp3) is 0.429. The molecule has 0 bridgehead atoms. The Morgan fingerprint density at radius 3 is 2.86 bits per heavy atom. The van der Waals surface area contributed by atoms with E-state index in [0.717, 1.165) is 0 Å². The smallest absolute Gasteiger partial charge is 0.226 e. The van der Waals surface area contributed by atoms with Gasteiger partial charge in [-0.25, -0.2) is 14.6 Å². The van der Waals surface area contributed by atoms with Gasteiger partial charge in [0.25, 0.3) is 0 Å². The van der Waals surface area contributed by atoms with E-state index < -0.39 is 0 Å². The van der Waals surface area contributed by atoms with Crippen molar-refractivity contribution in [2.24, 2.45) is 11.1 Å². The second-order valence-electron chi connectivity index (χ2n) is 5.94. The van der Waals surface area contributed by atoms with Gasteiger partial charge in [-0.2, -0.15) is 5.10 Å². The molecule has 112 valence electrons. The summed E-state index contributed by atoms with van der Waals surface area (Å²) >= 11 is 0. The van der Waals surface area contributed by atoms with Crippen LogP contribution in [0.2, 0.25) is 0 Å². The number of pyridine rings is 1. The molecule has 0 aliphatic heterocycles. The molecule has 0 spiro atoms. The summed E-state index contributed by atoms with van der Waals surface area (Å²) in [4.78, 5) is 20.2. The molecule has 0 aliphatic carbocycles. The Labute approximate surface area is 123 Å². The quantitative estimate of drug-likeness (QED) is 0.885. The molecule has 2 rings (SSSR count). The monoisotopic (exact) mass is 288 g/mol. The molecule has 0 aromatic carbocycles. The molecule has 1 unspecified atom stereocenters. The third-order valence-corrected chi connectivity index (χ3v) is 3.21. The third-order valence-electron chi connectivity index (χ3n) is 3.21. The zero-order chi connectivity index (χ0) is 15.5. The summed E-state index contributed by atoms with van der Waals surface area (Å²) < 4.78 is 1.50. The van der Waals surface area contributed by atoms with Crippen molar-refractivity contribution in [2.75, 3.05) is 5.32 Å². The average Bonchev–Trinajstić information content (AvgIpc) is 2.91. The number of carbonyl (C=O) groups is 1. The van der Waals surface area contributed by atoms with E-state index in [0.29, 0.717) is 11.5 Å². The van der Waals surface area contributed by atoms with E-state index in [9.17, 15) is 4.79 Å². The van der Waals surface area contributed by atoms with Gasteiger partial charge in [-0.3, -0.25) is 4.79 Å². The van der Waals surface area contributed by atoms with Gasteiger partial charge in [0.1, 0.15) is 12.7 Å². The van der Waals surface area contributed by atoms with Crippen molar-refractivity contribution in [1.82, 2.24) is 19.7 Å². The van der Waals surface area contributed by atoms with Gasteiger partial charge in [-0.05, 0) is 17.5 Å². The fourth-order valence-corrected chi connectivity index (χ4v) is 1.70.